The quantitative estimate of drug-likeness (QED) is 0.428. The number of anilines is 1. The standard InChI is InChI=1S/C19H21ClN2O3/c1-14(16-4-8-18(9-5-16)21-15(2)23)22-25-13-3-12-24-19-10-6-17(20)7-11-19/h4-11H,3,12-13H2,1-2H3,(H,21,23)/b22-14+. The fraction of sp³-hybridized carbons (Fsp3) is 0.263. The second kappa shape index (κ2) is 9.69. The Morgan fingerprint density at radius 1 is 1.04 bits per heavy atom. The molecule has 2 rings (SSSR count). The first-order valence-electron chi connectivity index (χ1n) is 7.97. The monoisotopic (exact) mass is 360 g/mol. The van der Waals surface area contributed by atoms with E-state index in [0.29, 0.717) is 18.2 Å². The third-order valence-electron chi connectivity index (χ3n) is 3.29. The van der Waals surface area contributed by atoms with E-state index in [0.717, 1.165) is 29.1 Å². The van der Waals surface area contributed by atoms with Crippen molar-refractivity contribution >= 4 is 28.9 Å². The predicted molar refractivity (Wildman–Crippen MR) is 100 cm³/mol. The van der Waals surface area contributed by atoms with Gasteiger partial charge < -0.3 is 14.9 Å². The summed E-state index contributed by atoms with van der Waals surface area (Å²) >= 11 is 5.82. The van der Waals surface area contributed by atoms with Crippen LogP contribution in [0.4, 0.5) is 5.69 Å². The van der Waals surface area contributed by atoms with Crippen LogP contribution in [-0.2, 0) is 9.63 Å². The van der Waals surface area contributed by atoms with E-state index in [-0.39, 0.29) is 5.91 Å². The second-order valence-corrected chi connectivity index (χ2v) is 5.86. The SMILES string of the molecule is CC(=O)Nc1ccc(/C(C)=N/OCCCOc2ccc(Cl)cc2)cc1. The lowest BCUT2D eigenvalue weighted by atomic mass is 10.1. The summed E-state index contributed by atoms with van der Waals surface area (Å²) in [5.74, 6) is 0.686. The Morgan fingerprint density at radius 2 is 1.72 bits per heavy atom. The van der Waals surface area contributed by atoms with Gasteiger partial charge in [-0.15, -0.1) is 0 Å². The van der Waals surface area contributed by atoms with E-state index in [2.05, 4.69) is 10.5 Å². The number of amides is 1. The van der Waals surface area contributed by atoms with Crippen molar-refractivity contribution in [2.45, 2.75) is 20.3 Å². The summed E-state index contributed by atoms with van der Waals surface area (Å²) < 4.78 is 5.58. The summed E-state index contributed by atoms with van der Waals surface area (Å²) in [7, 11) is 0. The minimum Gasteiger partial charge on any atom is -0.493 e. The molecule has 0 unspecified atom stereocenters. The lowest BCUT2D eigenvalue weighted by Crippen LogP contribution is -2.06. The Morgan fingerprint density at radius 3 is 2.36 bits per heavy atom. The lowest BCUT2D eigenvalue weighted by Gasteiger charge is -2.06. The first kappa shape index (κ1) is 18.8. The molecule has 0 heterocycles. The van der Waals surface area contributed by atoms with Gasteiger partial charge in [-0.3, -0.25) is 4.79 Å². The summed E-state index contributed by atoms with van der Waals surface area (Å²) in [6.07, 6.45) is 0.723. The van der Waals surface area contributed by atoms with Gasteiger partial charge in [0.2, 0.25) is 5.91 Å². The van der Waals surface area contributed by atoms with Crippen molar-refractivity contribution in [1.29, 1.82) is 0 Å². The van der Waals surface area contributed by atoms with Crippen molar-refractivity contribution in [3.63, 3.8) is 0 Å². The fourth-order valence-electron chi connectivity index (χ4n) is 2.04. The van der Waals surface area contributed by atoms with Gasteiger partial charge in [-0.2, -0.15) is 0 Å². The lowest BCUT2D eigenvalue weighted by molar-refractivity contribution is -0.114. The third kappa shape index (κ3) is 6.85. The van der Waals surface area contributed by atoms with Crippen LogP contribution in [-0.4, -0.2) is 24.8 Å². The van der Waals surface area contributed by atoms with Crippen molar-refractivity contribution in [3.05, 3.63) is 59.1 Å². The molecule has 6 heteroatoms. The van der Waals surface area contributed by atoms with Crippen LogP contribution in [0.2, 0.25) is 5.02 Å². The maximum absolute atomic E-state index is 11.0. The number of oxime groups is 1. The zero-order valence-corrected chi connectivity index (χ0v) is 15.0. The van der Waals surface area contributed by atoms with Gasteiger partial charge in [0, 0.05) is 24.1 Å². The van der Waals surface area contributed by atoms with Crippen molar-refractivity contribution in [1.82, 2.24) is 0 Å². The summed E-state index contributed by atoms with van der Waals surface area (Å²) in [4.78, 5) is 16.3. The molecule has 0 aliphatic carbocycles. The number of ether oxygens (including phenoxy) is 1. The number of benzene rings is 2. The van der Waals surface area contributed by atoms with E-state index >= 15 is 0 Å². The largest absolute Gasteiger partial charge is 0.493 e. The molecule has 0 saturated heterocycles. The van der Waals surface area contributed by atoms with Crippen LogP contribution in [0.5, 0.6) is 5.75 Å². The molecule has 0 radical (unpaired) electrons. The fourth-order valence-corrected chi connectivity index (χ4v) is 2.16. The number of hydrogen-bond acceptors (Lipinski definition) is 4. The number of carbonyl (C=O) groups is 1. The molecule has 0 spiro atoms. The van der Waals surface area contributed by atoms with Gasteiger partial charge in [-0.05, 0) is 48.9 Å². The molecule has 0 aromatic heterocycles. The van der Waals surface area contributed by atoms with Crippen LogP contribution in [0.3, 0.4) is 0 Å². The molecule has 25 heavy (non-hydrogen) atoms. The highest BCUT2D eigenvalue weighted by molar-refractivity contribution is 6.30. The van der Waals surface area contributed by atoms with Crippen LogP contribution >= 0.6 is 11.6 Å². The number of nitrogens with zero attached hydrogens (tertiary/aromatic N) is 1. The number of hydrogen-bond donors (Lipinski definition) is 1. The summed E-state index contributed by atoms with van der Waals surface area (Å²) in [5.41, 5.74) is 2.46. The van der Waals surface area contributed by atoms with Crippen molar-refractivity contribution in [3.8, 4) is 5.75 Å². The van der Waals surface area contributed by atoms with E-state index in [1.54, 1.807) is 12.1 Å². The highest BCUT2D eigenvalue weighted by Crippen LogP contribution is 2.15. The van der Waals surface area contributed by atoms with Crippen LogP contribution < -0.4 is 10.1 Å². The van der Waals surface area contributed by atoms with Crippen LogP contribution in [0.25, 0.3) is 0 Å². The Kier molecular flexibility index (Phi) is 7.29. The predicted octanol–water partition coefficient (Wildman–Crippen LogP) is 4.51. The molecular weight excluding hydrogens is 340 g/mol. The topological polar surface area (TPSA) is 59.9 Å². The molecule has 1 N–H and O–H groups in total. The molecule has 132 valence electrons. The van der Waals surface area contributed by atoms with Gasteiger partial charge >= 0.3 is 0 Å². The molecule has 2 aromatic rings. The van der Waals surface area contributed by atoms with E-state index in [4.69, 9.17) is 21.2 Å². The average molecular weight is 361 g/mol. The van der Waals surface area contributed by atoms with Gasteiger partial charge in [-0.25, -0.2) is 0 Å². The zero-order chi connectivity index (χ0) is 18.1. The molecule has 2 aromatic carbocycles. The highest BCUT2D eigenvalue weighted by Gasteiger charge is 2.00. The van der Waals surface area contributed by atoms with Gasteiger partial charge in [0.05, 0.1) is 12.3 Å². The minimum atomic E-state index is -0.0951. The molecular formula is C19H21ClN2O3. The molecule has 0 fully saturated rings. The van der Waals surface area contributed by atoms with E-state index in [9.17, 15) is 4.79 Å². The number of rotatable bonds is 8. The first-order valence-corrected chi connectivity index (χ1v) is 8.35. The second-order valence-electron chi connectivity index (χ2n) is 5.42. The van der Waals surface area contributed by atoms with Crippen molar-refractivity contribution in [2.75, 3.05) is 18.5 Å². The minimum absolute atomic E-state index is 0.0951. The molecule has 1 amide bonds. The Labute approximate surface area is 152 Å². The van der Waals surface area contributed by atoms with Gasteiger partial charge in [-0.1, -0.05) is 28.9 Å². The van der Waals surface area contributed by atoms with Gasteiger partial charge in [0.15, 0.2) is 0 Å². The van der Waals surface area contributed by atoms with E-state index in [1.165, 1.54) is 6.92 Å². The van der Waals surface area contributed by atoms with Crippen LogP contribution in [0, 0.1) is 0 Å². The van der Waals surface area contributed by atoms with Crippen molar-refractivity contribution < 1.29 is 14.4 Å². The van der Waals surface area contributed by atoms with Crippen LogP contribution in [0.15, 0.2) is 53.7 Å². The average Bonchev–Trinajstić information content (AvgIpc) is 2.59. The normalized spacial score (nSPS) is 11.1. The summed E-state index contributed by atoms with van der Waals surface area (Å²) in [6.45, 7) is 4.36. The number of carbonyl (C=O) groups excluding carboxylic acids is 1. The number of halogens is 1. The highest BCUT2D eigenvalue weighted by atomic mass is 35.5. The maximum atomic E-state index is 11.0. The molecule has 0 saturated carbocycles. The molecule has 0 bridgehead atoms. The molecule has 0 atom stereocenters. The number of nitrogens with one attached hydrogen (secondary N) is 1. The third-order valence-corrected chi connectivity index (χ3v) is 3.54. The molecule has 5 nitrogen and oxygen atoms in total. The molecule has 0 aliphatic heterocycles. The first-order chi connectivity index (χ1) is 12.0. The summed E-state index contributed by atoms with van der Waals surface area (Å²) in [5, 5.41) is 7.51. The Bertz CT molecular complexity index is 712. The maximum Gasteiger partial charge on any atom is 0.221 e. The van der Waals surface area contributed by atoms with Crippen molar-refractivity contribution in [2.24, 2.45) is 5.16 Å². The summed E-state index contributed by atoms with van der Waals surface area (Å²) in [6, 6.07) is 14.7. The van der Waals surface area contributed by atoms with Gasteiger partial charge in [0.1, 0.15) is 12.4 Å². The van der Waals surface area contributed by atoms with E-state index < -0.39 is 0 Å². The zero-order valence-electron chi connectivity index (χ0n) is 14.3. The Balaban J connectivity index is 1.70. The van der Waals surface area contributed by atoms with E-state index in [1.807, 2.05) is 43.3 Å². The molecule has 0 aliphatic rings. The van der Waals surface area contributed by atoms with Crippen LogP contribution in [0.1, 0.15) is 25.8 Å². The Hall–Kier alpha value is -2.53. The smallest absolute Gasteiger partial charge is 0.221 e. The van der Waals surface area contributed by atoms with Gasteiger partial charge in [0.25, 0.3) is 0 Å².